The Kier molecular flexibility index (Phi) is 3.06. The minimum absolute atomic E-state index is 0.111. The lowest BCUT2D eigenvalue weighted by Gasteiger charge is -2.05. The van der Waals surface area contributed by atoms with Gasteiger partial charge in [0.2, 0.25) is 0 Å². The standard InChI is InChI=1S/C16H15NO3/c1-20-11-6-7-15-13(10-11)12-4-2-3-5-14(12)17(15)9-8-16(18)19/h2-7,10H,8-9H2,1H3,(H,18,19). The summed E-state index contributed by atoms with van der Waals surface area (Å²) in [5.41, 5.74) is 2.09. The molecule has 0 bridgehead atoms. The normalized spacial score (nSPS) is 11.1. The molecule has 0 saturated carbocycles. The molecule has 3 rings (SSSR count). The number of nitrogens with zero attached hydrogens (tertiary/aromatic N) is 1. The van der Waals surface area contributed by atoms with Crippen LogP contribution in [0.4, 0.5) is 0 Å². The molecule has 0 spiro atoms. The third kappa shape index (κ3) is 1.99. The van der Waals surface area contributed by atoms with Crippen LogP contribution in [0.3, 0.4) is 0 Å². The Morgan fingerprint density at radius 3 is 2.65 bits per heavy atom. The number of benzene rings is 2. The Balaban J connectivity index is 2.26. The topological polar surface area (TPSA) is 51.5 Å². The summed E-state index contributed by atoms with van der Waals surface area (Å²) in [5, 5.41) is 11.1. The molecule has 1 N–H and O–H groups in total. The maximum atomic E-state index is 10.8. The van der Waals surface area contributed by atoms with Gasteiger partial charge in [0.25, 0.3) is 0 Å². The number of aromatic nitrogens is 1. The minimum atomic E-state index is -0.788. The number of carbonyl (C=O) groups is 1. The van der Waals surface area contributed by atoms with Crippen molar-refractivity contribution in [3.05, 3.63) is 42.5 Å². The first-order valence-corrected chi connectivity index (χ1v) is 6.47. The number of methoxy groups -OCH3 is 1. The predicted octanol–water partition coefficient (Wildman–Crippen LogP) is 3.28. The van der Waals surface area contributed by atoms with Gasteiger partial charge in [-0.3, -0.25) is 4.79 Å². The third-order valence-electron chi connectivity index (χ3n) is 3.53. The van der Waals surface area contributed by atoms with Gasteiger partial charge in [-0.25, -0.2) is 0 Å². The summed E-state index contributed by atoms with van der Waals surface area (Å²) in [4.78, 5) is 10.8. The first kappa shape index (κ1) is 12.5. The highest BCUT2D eigenvalue weighted by molar-refractivity contribution is 6.08. The molecule has 0 atom stereocenters. The number of fused-ring (bicyclic) bond motifs is 3. The fraction of sp³-hybridized carbons (Fsp3) is 0.188. The summed E-state index contributed by atoms with van der Waals surface area (Å²) in [6, 6.07) is 13.9. The lowest BCUT2D eigenvalue weighted by molar-refractivity contribution is -0.137. The summed E-state index contributed by atoms with van der Waals surface area (Å²) < 4.78 is 7.33. The van der Waals surface area contributed by atoms with Gasteiger partial charge in [-0.05, 0) is 24.3 Å². The van der Waals surface area contributed by atoms with Gasteiger partial charge in [0.15, 0.2) is 0 Å². The zero-order chi connectivity index (χ0) is 14.1. The molecule has 4 nitrogen and oxygen atoms in total. The highest BCUT2D eigenvalue weighted by atomic mass is 16.5. The molecule has 0 radical (unpaired) electrons. The van der Waals surface area contributed by atoms with Crippen LogP contribution in [0, 0.1) is 0 Å². The maximum absolute atomic E-state index is 10.8. The van der Waals surface area contributed by atoms with Crippen molar-refractivity contribution < 1.29 is 14.6 Å². The van der Waals surface area contributed by atoms with E-state index in [4.69, 9.17) is 9.84 Å². The van der Waals surface area contributed by atoms with Gasteiger partial charge in [-0.1, -0.05) is 18.2 Å². The average Bonchev–Trinajstić information content (AvgIpc) is 2.78. The van der Waals surface area contributed by atoms with Crippen LogP contribution in [0.5, 0.6) is 5.75 Å². The van der Waals surface area contributed by atoms with Gasteiger partial charge in [0.05, 0.1) is 13.5 Å². The molecule has 0 amide bonds. The second-order valence-electron chi connectivity index (χ2n) is 4.70. The average molecular weight is 269 g/mol. The zero-order valence-corrected chi connectivity index (χ0v) is 11.2. The summed E-state index contributed by atoms with van der Waals surface area (Å²) in [7, 11) is 1.64. The van der Waals surface area contributed by atoms with Gasteiger partial charge in [-0.15, -0.1) is 0 Å². The van der Waals surface area contributed by atoms with Crippen molar-refractivity contribution in [1.29, 1.82) is 0 Å². The second-order valence-corrected chi connectivity index (χ2v) is 4.70. The van der Waals surface area contributed by atoms with E-state index in [9.17, 15) is 4.79 Å². The number of hydrogen-bond donors (Lipinski definition) is 1. The van der Waals surface area contributed by atoms with Crippen LogP contribution in [0.15, 0.2) is 42.5 Å². The monoisotopic (exact) mass is 269 g/mol. The van der Waals surface area contributed by atoms with E-state index in [-0.39, 0.29) is 6.42 Å². The lowest BCUT2D eigenvalue weighted by Crippen LogP contribution is -2.04. The van der Waals surface area contributed by atoms with Crippen molar-refractivity contribution in [1.82, 2.24) is 4.57 Å². The minimum Gasteiger partial charge on any atom is -0.497 e. The van der Waals surface area contributed by atoms with E-state index in [2.05, 4.69) is 4.57 Å². The Hall–Kier alpha value is -2.49. The first-order valence-electron chi connectivity index (χ1n) is 6.47. The number of para-hydroxylation sites is 1. The van der Waals surface area contributed by atoms with E-state index in [1.807, 2.05) is 42.5 Å². The molecular formula is C16H15NO3. The van der Waals surface area contributed by atoms with Gasteiger partial charge in [-0.2, -0.15) is 0 Å². The second kappa shape index (κ2) is 4.89. The molecule has 20 heavy (non-hydrogen) atoms. The Morgan fingerprint density at radius 1 is 1.15 bits per heavy atom. The van der Waals surface area contributed by atoms with Crippen LogP contribution in [0.2, 0.25) is 0 Å². The predicted molar refractivity (Wildman–Crippen MR) is 78.2 cm³/mol. The molecule has 0 unspecified atom stereocenters. The van der Waals surface area contributed by atoms with Crippen LogP contribution in [0.25, 0.3) is 21.8 Å². The van der Waals surface area contributed by atoms with Crippen LogP contribution in [0.1, 0.15) is 6.42 Å². The molecule has 0 aliphatic heterocycles. The van der Waals surface area contributed by atoms with E-state index >= 15 is 0 Å². The largest absolute Gasteiger partial charge is 0.497 e. The van der Waals surface area contributed by atoms with Gasteiger partial charge < -0.3 is 14.4 Å². The lowest BCUT2D eigenvalue weighted by atomic mass is 10.1. The quantitative estimate of drug-likeness (QED) is 0.790. The third-order valence-corrected chi connectivity index (χ3v) is 3.53. The number of rotatable bonds is 4. The number of carboxylic acid groups (broad SMARTS) is 1. The van der Waals surface area contributed by atoms with Crippen molar-refractivity contribution in [2.75, 3.05) is 7.11 Å². The molecule has 0 aliphatic rings. The molecule has 0 aliphatic carbocycles. The van der Waals surface area contributed by atoms with E-state index in [0.717, 1.165) is 27.6 Å². The maximum Gasteiger partial charge on any atom is 0.305 e. The van der Waals surface area contributed by atoms with Crippen molar-refractivity contribution >= 4 is 27.8 Å². The van der Waals surface area contributed by atoms with Crippen LogP contribution in [-0.2, 0) is 11.3 Å². The molecular weight excluding hydrogens is 254 g/mol. The zero-order valence-electron chi connectivity index (χ0n) is 11.2. The van der Waals surface area contributed by atoms with Crippen molar-refractivity contribution in [2.24, 2.45) is 0 Å². The van der Waals surface area contributed by atoms with Crippen molar-refractivity contribution in [3.63, 3.8) is 0 Å². The molecule has 4 heteroatoms. The van der Waals surface area contributed by atoms with E-state index < -0.39 is 5.97 Å². The van der Waals surface area contributed by atoms with Crippen molar-refractivity contribution in [3.8, 4) is 5.75 Å². The Labute approximate surface area is 116 Å². The number of aliphatic carboxylic acids is 1. The fourth-order valence-corrected chi connectivity index (χ4v) is 2.61. The van der Waals surface area contributed by atoms with Crippen molar-refractivity contribution in [2.45, 2.75) is 13.0 Å². The number of ether oxygens (including phenoxy) is 1. The highest BCUT2D eigenvalue weighted by Gasteiger charge is 2.11. The number of aryl methyl sites for hydroxylation is 1. The number of carboxylic acids is 1. The smallest absolute Gasteiger partial charge is 0.305 e. The molecule has 1 aromatic heterocycles. The van der Waals surface area contributed by atoms with E-state index in [0.29, 0.717) is 6.54 Å². The van der Waals surface area contributed by atoms with Gasteiger partial charge in [0.1, 0.15) is 5.75 Å². The van der Waals surface area contributed by atoms with E-state index in [1.54, 1.807) is 7.11 Å². The first-order chi connectivity index (χ1) is 9.70. The van der Waals surface area contributed by atoms with Gasteiger partial charge >= 0.3 is 5.97 Å². The molecule has 102 valence electrons. The van der Waals surface area contributed by atoms with Crippen LogP contribution >= 0.6 is 0 Å². The summed E-state index contributed by atoms with van der Waals surface area (Å²) in [6.45, 7) is 0.464. The van der Waals surface area contributed by atoms with Gasteiger partial charge in [0, 0.05) is 28.4 Å². The summed E-state index contributed by atoms with van der Waals surface area (Å²) in [6.07, 6.45) is 0.111. The van der Waals surface area contributed by atoms with E-state index in [1.165, 1.54) is 0 Å². The molecule has 0 fully saturated rings. The van der Waals surface area contributed by atoms with Crippen LogP contribution in [-0.4, -0.2) is 22.8 Å². The summed E-state index contributed by atoms with van der Waals surface area (Å²) in [5.74, 6) is 0.0167. The molecule has 2 aromatic carbocycles. The number of hydrogen-bond acceptors (Lipinski definition) is 2. The van der Waals surface area contributed by atoms with Crippen LogP contribution < -0.4 is 4.74 Å². The highest BCUT2D eigenvalue weighted by Crippen LogP contribution is 2.31. The Bertz CT molecular complexity index is 789. The fourth-order valence-electron chi connectivity index (χ4n) is 2.61. The molecule has 0 saturated heterocycles. The molecule has 1 heterocycles. The molecule has 3 aromatic rings. The SMILES string of the molecule is COc1ccc2c(c1)c1ccccc1n2CCC(=O)O. The summed E-state index contributed by atoms with van der Waals surface area (Å²) >= 11 is 0. The Morgan fingerprint density at radius 2 is 1.90 bits per heavy atom.